The smallest absolute Gasteiger partial charge is 0.243 e. The highest BCUT2D eigenvalue weighted by molar-refractivity contribution is 5.56. The molecule has 3 aromatic rings. The molecule has 0 radical (unpaired) electrons. The van der Waals surface area contributed by atoms with Crippen molar-refractivity contribution >= 4 is 0 Å². The molecule has 3 rings (SSSR count). The highest BCUT2D eigenvalue weighted by Gasteiger charge is 2.15. The maximum Gasteiger partial charge on any atom is 0.243 e. The third kappa shape index (κ3) is 3.94. The fourth-order valence-corrected chi connectivity index (χ4v) is 2.85. The number of nitrogens with one attached hydrogen (secondary N) is 1. The van der Waals surface area contributed by atoms with E-state index in [1.165, 1.54) is 22.3 Å². The van der Waals surface area contributed by atoms with Gasteiger partial charge in [-0.15, -0.1) is 0 Å². The van der Waals surface area contributed by atoms with Gasteiger partial charge in [-0.1, -0.05) is 29.4 Å². The number of hydrogen-bond donors (Lipinski definition) is 1. The average molecular weight is 351 g/mol. The summed E-state index contributed by atoms with van der Waals surface area (Å²) < 4.78 is 10.7. The summed E-state index contributed by atoms with van der Waals surface area (Å²) in [6.45, 7) is 9.20. The van der Waals surface area contributed by atoms with E-state index < -0.39 is 0 Å². The Morgan fingerprint density at radius 1 is 1.08 bits per heavy atom. The SMILES string of the molecule is COc1cccc(-c2noc(C(C)NCc3cc(C)c(C)cc3C)n2)c1. The van der Waals surface area contributed by atoms with Gasteiger partial charge >= 0.3 is 0 Å². The second-order valence-corrected chi connectivity index (χ2v) is 6.65. The van der Waals surface area contributed by atoms with Crippen molar-refractivity contribution in [2.75, 3.05) is 7.11 Å². The van der Waals surface area contributed by atoms with Crippen LogP contribution < -0.4 is 10.1 Å². The summed E-state index contributed by atoms with van der Waals surface area (Å²) in [5.74, 6) is 1.91. The van der Waals surface area contributed by atoms with Gasteiger partial charge in [0.15, 0.2) is 0 Å². The zero-order chi connectivity index (χ0) is 18.7. The van der Waals surface area contributed by atoms with Crippen LogP contribution in [-0.4, -0.2) is 17.3 Å². The molecule has 26 heavy (non-hydrogen) atoms. The molecule has 0 fully saturated rings. The molecule has 0 aliphatic rings. The third-order valence-corrected chi connectivity index (χ3v) is 4.69. The van der Waals surface area contributed by atoms with Crippen molar-refractivity contribution in [2.45, 2.75) is 40.3 Å². The van der Waals surface area contributed by atoms with E-state index in [0.717, 1.165) is 17.9 Å². The number of hydrogen-bond acceptors (Lipinski definition) is 5. The maximum atomic E-state index is 5.45. The number of nitrogens with zero attached hydrogens (tertiary/aromatic N) is 2. The molecule has 0 saturated carbocycles. The Hall–Kier alpha value is -2.66. The van der Waals surface area contributed by atoms with E-state index in [1.807, 2.05) is 31.2 Å². The van der Waals surface area contributed by atoms with Crippen molar-refractivity contribution in [1.29, 1.82) is 0 Å². The molecule has 5 nitrogen and oxygen atoms in total. The lowest BCUT2D eigenvalue weighted by Crippen LogP contribution is -2.19. The summed E-state index contributed by atoms with van der Waals surface area (Å²) in [7, 11) is 1.64. The average Bonchev–Trinajstić information content (AvgIpc) is 3.13. The molecular formula is C21H25N3O2. The van der Waals surface area contributed by atoms with Gasteiger partial charge in [0.1, 0.15) is 5.75 Å². The number of benzene rings is 2. The molecule has 2 aromatic carbocycles. The molecule has 0 aliphatic heterocycles. The predicted molar refractivity (Wildman–Crippen MR) is 102 cm³/mol. The molecule has 0 bridgehead atoms. The van der Waals surface area contributed by atoms with Gasteiger partial charge in [-0.2, -0.15) is 4.98 Å². The topological polar surface area (TPSA) is 60.2 Å². The molecule has 5 heteroatoms. The molecule has 0 aliphatic carbocycles. The monoisotopic (exact) mass is 351 g/mol. The van der Waals surface area contributed by atoms with Gasteiger partial charge in [-0.3, -0.25) is 0 Å². The Morgan fingerprint density at radius 3 is 2.62 bits per heavy atom. The molecule has 136 valence electrons. The molecule has 1 heterocycles. The molecule has 1 aromatic heterocycles. The Balaban J connectivity index is 1.70. The normalized spacial score (nSPS) is 12.2. The van der Waals surface area contributed by atoms with E-state index >= 15 is 0 Å². The lowest BCUT2D eigenvalue weighted by molar-refractivity contribution is 0.339. The van der Waals surface area contributed by atoms with Crippen molar-refractivity contribution in [3.05, 3.63) is 64.5 Å². The van der Waals surface area contributed by atoms with Gasteiger partial charge < -0.3 is 14.6 Å². The number of methoxy groups -OCH3 is 1. The van der Waals surface area contributed by atoms with Gasteiger partial charge in [0.25, 0.3) is 0 Å². The Morgan fingerprint density at radius 2 is 1.85 bits per heavy atom. The van der Waals surface area contributed by atoms with Gasteiger partial charge in [0.2, 0.25) is 11.7 Å². The fraction of sp³-hybridized carbons (Fsp3) is 0.333. The second-order valence-electron chi connectivity index (χ2n) is 6.65. The predicted octanol–water partition coefficient (Wildman–Crippen LogP) is 4.52. The third-order valence-electron chi connectivity index (χ3n) is 4.69. The quantitative estimate of drug-likeness (QED) is 0.707. The van der Waals surface area contributed by atoms with Crippen LogP contribution in [0.3, 0.4) is 0 Å². The minimum absolute atomic E-state index is 0.0390. The highest BCUT2D eigenvalue weighted by Crippen LogP contribution is 2.23. The lowest BCUT2D eigenvalue weighted by atomic mass is 10.0. The number of aromatic nitrogens is 2. The summed E-state index contributed by atoms with van der Waals surface area (Å²) in [5.41, 5.74) is 6.07. The summed E-state index contributed by atoms with van der Waals surface area (Å²) in [6, 6.07) is 12.1. The van der Waals surface area contributed by atoms with Crippen molar-refractivity contribution in [1.82, 2.24) is 15.5 Å². The number of aryl methyl sites for hydroxylation is 3. The van der Waals surface area contributed by atoms with Crippen LogP contribution in [0.15, 0.2) is 40.9 Å². The first kappa shape index (κ1) is 18.1. The zero-order valence-electron chi connectivity index (χ0n) is 16.0. The van der Waals surface area contributed by atoms with Crippen LogP contribution in [0.2, 0.25) is 0 Å². The summed E-state index contributed by atoms with van der Waals surface area (Å²) >= 11 is 0. The van der Waals surface area contributed by atoms with Gasteiger partial charge in [-0.25, -0.2) is 0 Å². The Labute approximate surface area is 154 Å². The van der Waals surface area contributed by atoms with E-state index in [1.54, 1.807) is 7.11 Å². The van der Waals surface area contributed by atoms with Gasteiger partial charge in [0.05, 0.1) is 13.2 Å². The van der Waals surface area contributed by atoms with Crippen LogP contribution in [0.25, 0.3) is 11.4 Å². The minimum Gasteiger partial charge on any atom is -0.497 e. The first-order chi connectivity index (χ1) is 12.5. The van der Waals surface area contributed by atoms with Crippen LogP contribution in [-0.2, 0) is 6.54 Å². The molecule has 1 atom stereocenters. The van der Waals surface area contributed by atoms with Gasteiger partial charge in [0, 0.05) is 12.1 Å². The van der Waals surface area contributed by atoms with Crippen LogP contribution in [0, 0.1) is 20.8 Å². The van der Waals surface area contributed by atoms with E-state index in [0.29, 0.717) is 11.7 Å². The van der Waals surface area contributed by atoms with E-state index in [9.17, 15) is 0 Å². The van der Waals surface area contributed by atoms with Crippen LogP contribution in [0.1, 0.15) is 41.1 Å². The molecule has 1 N–H and O–H groups in total. The largest absolute Gasteiger partial charge is 0.497 e. The second kappa shape index (κ2) is 7.70. The molecule has 0 spiro atoms. The van der Waals surface area contributed by atoms with E-state index in [2.05, 4.69) is 48.4 Å². The summed E-state index contributed by atoms with van der Waals surface area (Å²) in [5, 5.41) is 7.57. The van der Waals surface area contributed by atoms with E-state index in [4.69, 9.17) is 9.26 Å². The Kier molecular flexibility index (Phi) is 5.38. The zero-order valence-corrected chi connectivity index (χ0v) is 16.0. The maximum absolute atomic E-state index is 5.45. The number of ether oxygens (including phenoxy) is 1. The summed E-state index contributed by atoms with van der Waals surface area (Å²) in [6.07, 6.45) is 0. The first-order valence-corrected chi connectivity index (χ1v) is 8.76. The molecule has 0 saturated heterocycles. The highest BCUT2D eigenvalue weighted by atomic mass is 16.5. The molecule has 1 unspecified atom stereocenters. The summed E-state index contributed by atoms with van der Waals surface area (Å²) in [4.78, 5) is 4.53. The molecule has 0 amide bonds. The van der Waals surface area contributed by atoms with Crippen molar-refractivity contribution in [2.24, 2.45) is 0 Å². The Bertz CT molecular complexity index is 902. The van der Waals surface area contributed by atoms with Crippen LogP contribution in [0.4, 0.5) is 0 Å². The van der Waals surface area contributed by atoms with Gasteiger partial charge in [-0.05, 0) is 62.1 Å². The minimum atomic E-state index is -0.0390. The van der Waals surface area contributed by atoms with Crippen molar-refractivity contribution < 1.29 is 9.26 Å². The van der Waals surface area contributed by atoms with E-state index in [-0.39, 0.29) is 6.04 Å². The lowest BCUT2D eigenvalue weighted by Gasteiger charge is -2.13. The van der Waals surface area contributed by atoms with Crippen LogP contribution >= 0.6 is 0 Å². The van der Waals surface area contributed by atoms with Crippen molar-refractivity contribution in [3.63, 3.8) is 0 Å². The van der Waals surface area contributed by atoms with Crippen molar-refractivity contribution in [3.8, 4) is 17.1 Å². The fourth-order valence-electron chi connectivity index (χ4n) is 2.85. The van der Waals surface area contributed by atoms with Crippen LogP contribution in [0.5, 0.6) is 5.75 Å². The standard InChI is InChI=1S/C21H25N3O2/c1-13-9-15(3)18(10-14(13)2)12-22-16(4)21-23-20(24-26-21)17-7-6-8-19(11-17)25-5/h6-11,16,22H,12H2,1-5H3. The molecular weight excluding hydrogens is 326 g/mol. The number of rotatable bonds is 6. The first-order valence-electron chi connectivity index (χ1n) is 8.76.